The lowest BCUT2D eigenvalue weighted by molar-refractivity contribution is -0.130. The molecule has 2 fully saturated rings. The zero-order valence-corrected chi connectivity index (χ0v) is 20.1. The number of nitrogens with two attached hydrogens (primary N) is 1. The molecule has 0 bridgehead atoms. The largest absolute Gasteiger partial charge is 0.462 e. The standard InChI is InChI=1S/C26H26N4O6/c1-4-36-24(34)14-6-8-15(9-7-14)30-22(32)19-17(11-18(27)31)29-26(20(19)23(30)33)16-10-5-12(2)13(3)21(16)28-25(26)35/h5-10,17,19-20,29H,4,11H2,1-3H3,(H2,27,31)(H,28,35)/t17-,19+,20+,26-/m1/s1. The third kappa shape index (κ3) is 3.17. The summed E-state index contributed by atoms with van der Waals surface area (Å²) in [5.74, 6) is -4.78. The van der Waals surface area contributed by atoms with Crippen molar-refractivity contribution in [3.05, 3.63) is 58.7 Å². The van der Waals surface area contributed by atoms with Crippen LogP contribution in [0.2, 0.25) is 0 Å². The zero-order chi connectivity index (χ0) is 25.9. The second kappa shape index (κ2) is 8.27. The number of imide groups is 1. The van der Waals surface area contributed by atoms with Crippen molar-refractivity contribution in [2.24, 2.45) is 17.6 Å². The minimum Gasteiger partial charge on any atom is -0.462 e. The summed E-state index contributed by atoms with van der Waals surface area (Å²) in [5.41, 5.74) is 7.49. The molecule has 2 aromatic carbocycles. The molecule has 2 aromatic rings. The Hall–Kier alpha value is -4.05. The van der Waals surface area contributed by atoms with Gasteiger partial charge in [0.15, 0.2) is 0 Å². The quantitative estimate of drug-likeness (QED) is 0.422. The highest BCUT2D eigenvalue weighted by atomic mass is 16.5. The Morgan fingerprint density at radius 3 is 2.39 bits per heavy atom. The number of ether oxygens (including phenoxy) is 1. The third-order valence-electron chi connectivity index (χ3n) is 7.48. The van der Waals surface area contributed by atoms with Gasteiger partial charge in [0.1, 0.15) is 5.54 Å². The van der Waals surface area contributed by atoms with E-state index in [2.05, 4.69) is 10.6 Å². The van der Waals surface area contributed by atoms with Gasteiger partial charge in [-0.15, -0.1) is 0 Å². The lowest BCUT2D eigenvalue weighted by Crippen LogP contribution is -2.53. The van der Waals surface area contributed by atoms with Crippen molar-refractivity contribution in [1.29, 1.82) is 0 Å². The highest BCUT2D eigenvalue weighted by Gasteiger charge is 2.70. The smallest absolute Gasteiger partial charge is 0.338 e. The first kappa shape index (κ1) is 23.7. The topological polar surface area (TPSA) is 148 Å². The molecule has 4 N–H and O–H groups in total. The van der Waals surface area contributed by atoms with Crippen LogP contribution in [-0.4, -0.2) is 42.2 Å². The van der Waals surface area contributed by atoms with Gasteiger partial charge < -0.3 is 15.8 Å². The molecule has 3 aliphatic rings. The minimum atomic E-state index is -1.52. The van der Waals surface area contributed by atoms with Crippen molar-refractivity contribution in [3.8, 4) is 0 Å². The molecular formula is C26H26N4O6. The van der Waals surface area contributed by atoms with E-state index in [4.69, 9.17) is 10.5 Å². The van der Waals surface area contributed by atoms with Gasteiger partial charge >= 0.3 is 5.97 Å². The molecule has 4 atom stereocenters. The predicted octanol–water partition coefficient (Wildman–Crippen LogP) is 1.28. The van der Waals surface area contributed by atoms with Crippen LogP contribution in [-0.2, 0) is 29.5 Å². The van der Waals surface area contributed by atoms with Gasteiger partial charge in [-0.3, -0.25) is 24.5 Å². The van der Waals surface area contributed by atoms with Crippen molar-refractivity contribution in [1.82, 2.24) is 5.32 Å². The summed E-state index contributed by atoms with van der Waals surface area (Å²) >= 11 is 0. The number of amides is 4. The zero-order valence-electron chi connectivity index (χ0n) is 20.1. The molecule has 3 heterocycles. The molecule has 10 nitrogen and oxygen atoms in total. The summed E-state index contributed by atoms with van der Waals surface area (Å²) in [6, 6.07) is 8.75. The van der Waals surface area contributed by atoms with E-state index in [9.17, 15) is 24.0 Å². The number of anilines is 2. The number of hydrogen-bond donors (Lipinski definition) is 3. The van der Waals surface area contributed by atoms with Crippen molar-refractivity contribution in [2.45, 2.75) is 38.8 Å². The molecule has 186 valence electrons. The summed E-state index contributed by atoms with van der Waals surface area (Å²) in [5, 5.41) is 6.08. The molecule has 0 unspecified atom stereocenters. The van der Waals surface area contributed by atoms with Crippen molar-refractivity contribution < 1.29 is 28.7 Å². The number of nitrogens with zero attached hydrogens (tertiary/aromatic N) is 1. The number of carbonyl (C=O) groups excluding carboxylic acids is 5. The maximum Gasteiger partial charge on any atom is 0.338 e. The maximum absolute atomic E-state index is 13.9. The first-order valence-electron chi connectivity index (χ1n) is 11.7. The fourth-order valence-corrected chi connectivity index (χ4v) is 5.73. The van der Waals surface area contributed by atoms with Crippen LogP contribution in [0.1, 0.15) is 40.4 Å². The average molecular weight is 491 g/mol. The number of benzene rings is 2. The summed E-state index contributed by atoms with van der Waals surface area (Å²) in [7, 11) is 0. The van der Waals surface area contributed by atoms with Crippen molar-refractivity contribution in [2.75, 3.05) is 16.8 Å². The third-order valence-corrected chi connectivity index (χ3v) is 7.48. The number of nitrogens with one attached hydrogen (secondary N) is 2. The number of hydrogen-bond acceptors (Lipinski definition) is 7. The second-order valence-corrected chi connectivity index (χ2v) is 9.40. The molecule has 0 saturated carbocycles. The summed E-state index contributed by atoms with van der Waals surface area (Å²) < 4.78 is 4.99. The number of esters is 1. The van der Waals surface area contributed by atoms with E-state index in [1.54, 1.807) is 13.0 Å². The predicted molar refractivity (Wildman–Crippen MR) is 129 cm³/mol. The van der Waals surface area contributed by atoms with Gasteiger partial charge in [-0.2, -0.15) is 0 Å². The van der Waals surface area contributed by atoms with Gasteiger partial charge in [-0.1, -0.05) is 12.1 Å². The van der Waals surface area contributed by atoms with Gasteiger partial charge in [0, 0.05) is 23.7 Å². The first-order valence-corrected chi connectivity index (χ1v) is 11.7. The summed E-state index contributed by atoms with van der Waals surface area (Å²) in [6.07, 6.45) is -0.217. The van der Waals surface area contributed by atoms with Crippen molar-refractivity contribution in [3.63, 3.8) is 0 Å². The highest BCUT2D eigenvalue weighted by Crippen LogP contribution is 2.54. The van der Waals surface area contributed by atoms with Crippen LogP contribution in [0.25, 0.3) is 0 Å². The molecule has 0 aliphatic carbocycles. The Balaban J connectivity index is 1.60. The molecule has 5 rings (SSSR count). The van der Waals surface area contributed by atoms with Crippen LogP contribution < -0.4 is 21.3 Å². The monoisotopic (exact) mass is 490 g/mol. The van der Waals surface area contributed by atoms with E-state index in [1.807, 2.05) is 19.9 Å². The molecule has 0 radical (unpaired) electrons. The first-order chi connectivity index (χ1) is 17.1. The van der Waals surface area contributed by atoms with E-state index >= 15 is 0 Å². The highest BCUT2D eigenvalue weighted by molar-refractivity contribution is 6.26. The molecule has 4 amide bonds. The summed E-state index contributed by atoms with van der Waals surface area (Å²) in [4.78, 5) is 66.1. The van der Waals surface area contributed by atoms with Gasteiger partial charge in [0.25, 0.3) is 0 Å². The average Bonchev–Trinajstić information content (AvgIpc) is 3.41. The molecule has 1 spiro atoms. The van der Waals surface area contributed by atoms with Crippen LogP contribution in [0, 0.1) is 25.7 Å². The normalized spacial score (nSPS) is 26.2. The molecule has 3 aliphatic heterocycles. The summed E-state index contributed by atoms with van der Waals surface area (Å²) in [6.45, 7) is 5.70. The van der Waals surface area contributed by atoms with E-state index in [0.717, 1.165) is 16.0 Å². The fourth-order valence-electron chi connectivity index (χ4n) is 5.73. The van der Waals surface area contributed by atoms with Gasteiger partial charge in [-0.25, -0.2) is 9.69 Å². The van der Waals surface area contributed by atoms with E-state index in [0.29, 0.717) is 11.3 Å². The number of carbonyl (C=O) groups is 5. The molecule has 0 aromatic heterocycles. The lowest BCUT2D eigenvalue weighted by Gasteiger charge is -2.29. The van der Waals surface area contributed by atoms with Crippen LogP contribution in [0.3, 0.4) is 0 Å². The van der Waals surface area contributed by atoms with Crippen LogP contribution in [0.15, 0.2) is 36.4 Å². The number of fused-ring (bicyclic) bond motifs is 4. The number of primary amides is 1. The van der Waals surface area contributed by atoms with Gasteiger partial charge in [0.05, 0.1) is 29.7 Å². The molecule has 10 heteroatoms. The fraction of sp³-hybridized carbons (Fsp3) is 0.346. The van der Waals surface area contributed by atoms with Crippen LogP contribution >= 0.6 is 0 Å². The molecule has 2 saturated heterocycles. The molecular weight excluding hydrogens is 464 g/mol. The van der Waals surface area contributed by atoms with Crippen molar-refractivity contribution >= 4 is 41.0 Å². The van der Waals surface area contributed by atoms with Gasteiger partial charge in [0.2, 0.25) is 23.6 Å². The Morgan fingerprint density at radius 2 is 1.75 bits per heavy atom. The van der Waals surface area contributed by atoms with Gasteiger partial charge in [-0.05, 0) is 56.2 Å². The Bertz CT molecular complexity index is 1340. The lowest BCUT2D eigenvalue weighted by atomic mass is 9.76. The van der Waals surface area contributed by atoms with E-state index in [-0.39, 0.29) is 24.3 Å². The maximum atomic E-state index is 13.9. The Morgan fingerprint density at radius 1 is 1.06 bits per heavy atom. The molecule has 36 heavy (non-hydrogen) atoms. The van der Waals surface area contributed by atoms with E-state index in [1.165, 1.54) is 24.3 Å². The Labute approximate surface area is 207 Å². The second-order valence-electron chi connectivity index (χ2n) is 9.40. The van der Waals surface area contributed by atoms with Crippen LogP contribution in [0.5, 0.6) is 0 Å². The van der Waals surface area contributed by atoms with E-state index < -0.39 is 53.0 Å². The van der Waals surface area contributed by atoms with Crippen LogP contribution in [0.4, 0.5) is 11.4 Å². The Kier molecular flexibility index (Phi) is 5.44. The number of aryl methyl sites for hydroxylation is 1. The SMILES string of the molecule is CCOC(=O)c1ccc(N2C(=O)[C@@H]3[C@@H](C2=O)[C@@]2(N[C@@H]3CC(N)=O)C(=O)Nc3c2ccc(C)c3C)cc1. The number of rotatable bonds is 5. The minimum absolute atomic E-state index is 0.214.